The second kappa shape index (κ2) is 6.98. The van der Waals surface area contributed by atoms with Crippen molar-refractivity contribution in [3.63, 3.8) is 0 Å². The highest BCUT2D eigenvalue weighted by molar-refractivity contribution is 6.04. The average molecular weight is 320 g/mol. The standard InChI is InChI=1S/C17H24N2O4/c1-5-23-17(22)15-10(2)14(11(3)18-15)13(20)9-19(4)16(21)12-7-6-8-12/h12,18H,5-9H2,1-4H3. The highest BCUT2D eigenvalue weighted by atomic mass is 16.5. The summed E-state index contributed by atoms with van der Waals surface area (Å²) in [5.41, 5.74) is 1.98. The van der Waals surface area contributed by atoms with Gasteiger partial charge in [0.15, 0.2) is 5.78 Å². The van der Waals surface area contributed by atoms with Gasteiger partial charge in [-0.3, -0.25) is 9.59 Å². The van der Waals surface area contributed by atoms with Gasteiger partial charge in [-0.2, -0.15) is 0 Å². The van der Waals surface area contributed by atoms with E-state index >= 15 is 0 Å². The smallest absolute Gasteiger partial charge is 0.355 e. The lowest BCUT2D eigenvalue weighted by molar-refractivity contribution is -0.136. The molecule has 126 valence electrons. The van der Waals surface area contributed by atoms with E-state index in [0.717, 1.165) is 19.3 Å². The number of carbonyl (C=O) groups is 3. The van der Waals surface area contributed by atoms with E-state index in [0.29, 0.717) is 22.5 Å². The summed E-state index contributed by atoms with van der Waals surface area (Å²) < 4.78 is 4.98. The van der Waals surface area contributed by atoms with Crippen LogP contribution in [0.15, 0.2) is 0 Å². The summed E-state index contributed by atoms with van der Waals surface area (Å²) in [5.74, 6) is -0.537. The topological polar surface area (TPSA) is 79.5 Å². The van der Waals surface area contributed by atoms with Crippen LogP contribution in [0.1, 0.15) is 58.3 Å². The molecule has 2 rings (SSSR count). The minimum Gasteiger partial charge on any atom is -0.461 e. The maximum Gasteiger partial charge on any atom is 0.355 e. The van der Waals surface area contributed by atoms with Crippen LogP contribution in [0, 0.1) is 19.8 Å². The molecular formula is C17H24N2O4. The van der Waals surface area contributed by atoms with E-state index in [9.17, 15) is 14.4 Å². The third-order valence-electron chi connectivity index (χ3n) is 4.41. The quantitative estimate of drug-likeness (QED) is 0.644. The maximum absolute atomic E-state index is 12.6. The van der Waals surface area contributed by atoms with Crippen LogP contribution >= 0.6 is 0 Å². The van der Waals surface area contributed by atoms with Gasteiger partial charge in [-0.05, 0) is 39.2 Å². The Morgan fingerprint density at radius 2 is 1.91 bits per heavy atom. The maximum atomic E-state index is 12.6. The Morgan fingerprint density at radius 1 is 1.26 bits per heavy atom. The molecule has 1 heterocycles. The molecule has 0 bridgehead atoms. The molecule has 6 nitrogen and oxygen atoms in total. The number of amides is 1. The van der Waals surface area contributed by atoms with Crippen LogP contribution in [-0.4, -0.2) is 47.7 Å². The van der Waals surface area contributed by atoms with Gasteiger partial charge in [0.1, 0.15) is 5.69 Å². The Labute approximate surface area is 136 Å². The van der Waals surface area contributed by atoms with Gasteiger partial charge < -0.3 is 14.6 Å². The van der Waals surface area contributed by atoms with Crippen molar-refractivity contribution in [3.8, 4) is 0 Å². The molecule has 1 saturated carbocycles. The van der Waals surface area contributed by atoms with E-state index in [4.69, 9.17) is 4.74 Å². The summed E-state index contributed by atoms with van der Waals surface area (Å²) in [4.78, 5) is 41.0. The highest BCUT2D eigenvalue weighted by Crippen LogP contribution is 2.28. The molecule has 1 aliphatic rings. The van der Waals surface area contributed by atoms with Gasteiger partial charge in [0, 0.05) is 24.2 Å². The molecule has 1 N–H and O–H groups in total. The first-order valence-corrected chi connectivity index (χ1v) is 8.01. The number of ketones is 1. The van der Waals surface area contributed by atoms with Crippen molar-refractivity contribution in [2.75, 3.05) is 20.2 Å². The lowest BCUT2D eigenvalue weighted by atomic mass is 9.84. The zero-order valence-electron chi connectivity index (χ0n) is 14.2. The van der Waals surface area contributed by atoms with E-state index in [-0.39, 0.29) is 30.8 Å². The number of likely N-dealkylation sites (N-methyl/N-ethyl adjacent to an activating group) is 1. The summed E-state index contributed by atoms with van der Waals surface area (Å²) in [5, 5.41) is 0. The van der Waals surface area contributed by atoms with Gasteiger partial charge in [-0.25, -0.2) is 4.79 Å². The highest BCUT2D eigenvalue weighted by Gasteiger charge is 2.30. The molecular weight excluding hydrogens is 296 g/mol. The number of ether oxygens (including phenoxy) is 1. The first-order valence-electron chi connectivity index (χ1n) is 8.01. The number of nitrogens with zero attached hydrogens (tertiary/aromatic N) is 1. The Morgan fingerprint density at radius 3 is 2.43 bits per heavy atom. The van der Waals surface area contributed by atoms with E-state index in [1.54, 1.807) is 27.8 Å². The van der Waals surface area contributed by atoms with Gasteiger partial charge >= 0.3 is 5.97 Å². The molecule has 1 aromatic heterocycles. The van der Waals surface area contributed by atoms with Crippen LogP contribution in [0.4, 0.5) is 0 Å². The normalized spacial score (nSPS) is 14.3. The number of aryl methyl sites for hydroxylation is 1. The largest absolute Gasteiger partial charge is 0.461 e. The molecule has 23 heavy (non-hydrogen) atoms. The molecule has 0 unspecified atom stereocenters. The van der Waals surface area contributed by atoms with Crippen molar-refractivity contribution in [2.45, 2.75) is 40.0 Å². The number of aromatic nitrogens is 1. The van der Waals surface area contributed by atoms with Gasteiger partial charge in [-0.1, -0.05) is 6.42 Å². The van der Waals surface area contributed by atoms with Crippen molar-refractivity contribution >= 4 is 17.7 Å². The Hall–Kier alpha value is -2.11. The Bertz CT molecular complexity index is 629. The fourth-order valence-corrected chi connectivity index (χ4v) is 2.91. The van der Waals surface area contributed by atoms with Crippen LogP contribution in [0.3, 0.4) is 0 Å². The van der Waals surface area contributed by atoms with Crippen LogP contribution in [0.2, 0.25) is 0 Å². The number of hydrogen-bond donors (Lipinski definition) is 1. The summed E-state index contributed by atoms with van der Waals surface area (Å²) in [6.07, 6.45) is 2.90. The van der Waals surface area contributed by atoms with E-state index in [1.165, 1.54) is 4.90 Å². The predicted octanol–water partition coefficient (Wildman–Crippen LogP) is 2.25. The minimum atomic E-state index is -0.467. The zero-order valence-corrected chi connectivity index (χ0v) is 14.2. The molecule has 1 amide bonds. The van der Waals surface area contributed by atoms with Gasteiger partial charge in [-0.15, -0.1) is 0 Å². The van der Waals surface area contributed by atoms with Crippen molar-refractivity contribution in [3.05, 3.63) is 22.5 Å². The number of aromatic amines is 1. The summed E-state index contributed by atoms with van der Waals surface area (Å²) in [7, 11) is 1.65. The molecule has 0 saturated heterocycles. The fraction of sp³-hybridized carbons (Fsp3) is 0.588. The average Bonchev–Trinajstić information content (AvgIpc) is 2.72. The summed E-state index contributed by atoms with van der Waals surface area (Å²) in [6, 6.07) is 0. The van der Waals surface area contributed by atoms with E-state index in [1.807, 2.05) is 0 Å². The van der Waals surface area contributed by atoms with Crippen LogP contribution < -0.4 is 0 Å². The van der Waals surface area contributed by atoms with Crippen molar-refractivity contribution < 1.29 is 19.1 Å². The molecule has 0 aliphatic heterocycles. The van der Waals surface area contributed by atoms with Crippen LogP contribution in [0.5, 0.6) is 0 Å². The number of nitrogens with one attached hydrogen (secondary N) is 1. The number of Topliss-reactive ketones (excluding diaryl/α,β-unsaturated/α-hetero) is 1. The minimum absolute atomic E-state index is 0.0249. The second-order valence-corrected chi connectivity index (χ2v) is 6.09. The molecule has 1 fully saturated rings. The Kier molecular flexibility index (Phi) is 5.23. The summed E-state index contributed by atoms with van der Waals surface area (Å²) in [6.45, 7) is 5.50. The zero-order chi connectivity index (χ0) is 17.1. The molecule has 1 aliphatic carbocycles. The Balaban J connectivity index is 2.12. The lowest BCUT2D eigenvalue weighted by Crippen LogP contribution is -2.39. The molecule has 0 atom stereocenters. The second-order valence-electron chi connectivity index (χ2n) is 6.09. The van der Waals surface area contributed by atoms with Gasteiger partial charge in [0.25, 0.3) is 0 Å². The monoisotopic (exact) mass is 320 g/mol. The number of H-pyrrole nitrogens is 1. The van der Waals surface area contributed by atoms with E-state index < -0.39 is 5.97 Å². The number of carbonyl (C=O) groups excluding carboxylic acids is 3. The third-order valence-corrected chi connectivity index (χ3v) is 4.41. The fourth-order valence-electron chi connectivity index (χ4n) is 2.91. The molecule has 1 aromatic rings. The predicted molar refractivity (Wildman–Crippen MR) is 85.5 cm³/mol. The van der Waals surface area contributed by atoms with E-state index in [2.05, 4.69) is 4.98 Å². The van der Waals surface area contributed by atoms with Crippen molar-refractivity contribution in [2.24, 2.45) is 5.92 Å². The number of hydrogen-bond acceptors (Lipinski definition) is 4. The number of rotatable bonds is 6. The molecule has 0 spiro atoms. The molecule has 0 aromatic carbocycles. The first-order chi connectivity index (χ1) is 10.9. The van der Waals surface area contributed by atoms with Crippen molar-refractivity contribution in [1.29, 1.82) is 0 Å². The SMILES string of the molecule is CCOC(=O)c1[nH]c(C)c(C(=O)CN(C)C(=O)C2CCC2)c1C. The van der Waals surface area contributed by atoms with Gasteiger partial charge in [0.05, 0.1) is 13.2 Å². The van der Waals surface area contributed by atoms with Gasteiger partial charge in [0.2, 0.25) is 5.91 Å². The van der Waals surface area contributed by atoms with Crippen LogP contribution in [0.25, 0.3) is 0 Å². The van der Waals surface area contributed by atoms with Crippen LogP contribution in [-0.2, 0) is 9.53 Å². The lowest BCUT2D eigenvalue weighted by Gasteiger charge is -2.28. The molecule has 0 radical (unpaired) electrons. The summed E-state index contributed by atoms with van der Waals surface area (Å²) >= 11 is 0. The number of esters is 1. The molecule has 6 heteroatoms. The first kappa shape index (κ1) is 17.2. The third kappa shape index (κ3) is 3.46. The van der Waals surface area contributed by atoms with Crippen molar-refractivity contribution in [1.82, 2.24) is 9.88 Å².